The summed E-state index contributed by atoms with van der Waals surface area (Å²) in [5.41, 5.74) is 2.67. The van der Waals surface area contributed by atoms with Gasteiger partial charge in [0.2, 0.25) is 5.91 Å². The van der Waals surface area contributed by atoms with Crippen molar-refractivity contribution in [2.24, 2.45) is 5.92 Å². The number of hydrogen-bond donors (Lipinski definition) is 1. The lowest BCUT2D eigenvalue weighted by Gasteiger charge is -2.21. The molecular formula is C20H30N2O. The molecule has 3 nitrogen and oxygen atoms in total. The fraction of sp³-hybridized carbons (Fsp3) is 0.650. The van der Waals surface area contributed by atoms with E-state index in [1.165, 1.54) is 36.8 Å². The number of rotatable bonds is 9. The van der Waals surface area contributed by atoms with Gasteiger partial charge in [0.25, 0.3) is 0 Å². The maximum absolute atomic E-state index is 12.2. The molecule has 0 aliphatic heterocycles. The Morgan fingerprint density at radius 2 is 1.87 bits per heavy atom. The summed E-state index contributed by atoms with van der Waals surface area (Å²) in [7, 11) is 0. The second kappa shape index (κ2) is 7.48. The fourth-order valence-corrected chi connectivity index (χ4v) is 3.07. The summed E-state index contributed by atoms with van der Waals surface area (Å²) in [6.07, 6.45) is 6.19. The molecule has 0 unspecified atom stereocenters. The van der Waals surface area contributed by atoms with Crippen molar-refractivity contribution < 1.29 is 4.79 Å². The Morgan fingerprint density at radius 1 is 1.17 bits per heavy atom. The normalized spacial score (nSPS) is 17.7. The molecule has 3 rings (SSSR count). The molecular weight excluding hydrogens is 284 g/mol. The van der Waals surface area contributed by atoms with E-state index in [0.29, 0.717) is 18.5 Å². The van der Waals surface area contributed by atoms with Gasteiger partial charge in [-0.15, -0.1) is 0 Å². The zero-order valence-corrected chi connectivity index (χ0v) is 14.6. The molecule has 2 aliphatic carbocycles. The monoisotopic (exact) mass is 314 g/mol. The lowest BCUT2D eigenvalue weighted by molar-refractivity contribution is -0.122. The Morgan fingerprint density at radius 3 is 2.43 bits per heavy atom. The van der Waals surface area contributed by atoms with Gasteiger partial charge in [0.15, 0.2) is 0 Å². The summed E-state index contributed by atoms with van der Waals surface area (Å²) in [6, 6.07) is 9.46. The standard InChI is InChI=1S/C20H30N2O/c1-15(2)18-7-5-16(6-8-18)11-12-21-20(23)14-22(19-9-10-19)13-17-3-4-17/h5-8,15,17,19H,3-4,9-14H2,1-2H3,(H,21,23). The van der Waals surface area contributed by atoms with Gasteiger partial charge in [-0.25, -0.2) is 0 Å². The molecule has 2 saturated carbocycles. The second-order valence-electron chi connectivity index (χ2n) is 7.60. The van der Waals surface area contributed by atoms with Crippen LogP contribution in [0.3, 0.4) is 0 Å². The van der Waals surface area contributed by atoms with Gasteiger partial charge in [0, 0.05) is 19.1 Å². The van der Waals surface area contributed by atoms with Gasteiger partial charge in [0.1, 0.15) is 0 Å². The van der Waals surface area contributed by atoms with Crippen LogP contribution in [0.4, 0.5) is 0 Å². The summed E-state index contributed by atoms with van der Waals surface area (Å²) >= 11 is 0. The van der Waals surface area contributed by atoms with Gasteiger partial charge in [-0.05, 0) is 55.1 Å². The van der Waals surface area contributed by atoms with Crippen LogP contribution in [0.25, 0.3) is 0 Å². The summed E-state index contributed by atoms with van der Waals surface area (Å²) in [5.74, 6) is 1.63. The van der Waals surface area contributed by atoms with Crippen LogP contribution in [0.15, 0.2) is 24.3 Å². The van der Waals surface area contributed by atoms with E-state index in [4.69, 9.17) is 0 Å². The van der Waals surface area contributed by atoms with Crippen LogP contribution in [-0.4, -0.2) is 36.5 Å². The number of benzene rings is 1. The van der Waals surface area contributed by atoms with Crippen LogP contribution < -0.4 is 5.32 Å². The predicted octanol–water partition coefficient (Wildman–Crippen LogP) is 3.34. The lowest BCUT2D eigenvalue weighted by Crippen LogP contribution is -2.40. The Kier molecular flexibility index (Phi) is 5.37. The second-order valence-corrected chi connectivity index (χ2v) is 7.60. The summed E-state index contributed by atoms with van der Waals surface area (Å²) in [5, 5.41) is 3.09. The first-order valence-electron chi connectivity index (χ1n) is 9.21. The van der Waals surface area contributed by atoms with E-state index in [9.17, 15) is 4.79 Å². The number of nitrogens with one attached hydrogen (secondary N) is 1. The van der Waals surface area contributed by atoms with Crippen molar-refractivity contribution in [3.8, 4) is 0 Å². The quantitative estimate of drug-likeness (QED) is 0.758. The largest absolute Gasteiger partial charge is 0.355 e. The molecule has 0 heterocycles. The third kappa shape index (κ3) is 5.35. The highest BCUT2D eigenvalue weighted by Crippen LogP contribution is 2.34. The Bertz CT molecular complexity index is 515. The molecule has 1 N–H and O–H groups in total. The first kappa shape index (κ1) is 16.5. The van der Waals surface area contributed by atoms with E-state index < -0.39 is 0 Å². The smallest absolute Gasteiger partial charge is 0.234 e. The van der Waals surface area contributed by atoms with Crippen LogP contribution in [0.5, 0.6) is 0 Å². The molecule has 2 aliphatic rings. The van der Waals surface area contributed by atoms with Crippen molar-refractivity contribution >= 4 is 5.91 Å². The van der Waals surface area contributed by atoms with Crippen LogP contribution in [0, 0.1) is 5.92 Å². The highest BCUT2D eigenvalue weighted by atomic mass is 16.2. The summed E-state index contributed by atoms with van der Waals surface area (Å²) in [6.45, 7) is 6.88. The average Bonchev–Trinajstić information content (AvgIpc) is 3.40. The van der Waals surface area contributed by atoms with Crippen LogP contribution in [0.2, 0.25) is 0 Å². The first-order valence-corrected chi connectivity index (χ1v) is 9.21. The van der Waals surface area contributed by atoms with Crippen LogP contribution in [0.1, 0.15) is 56.6 Å². The number of carbonyl (C=O) groups is 1. The lowest BCUT2D eigenvalue weighted by atomic mass is 10.0. The molecule has 126 valence electrons. The van der Waals surface area contributed by atoms with E-state index in [1.54, 1.807) is 0 Å². The molecule has 0 atom stereocenters. The van der Waals surface area contributed by atoms with Crippen molar-refractivity contribution in [2.45, 2.75) is 57.9 Å². The Labute approximate surface area is 140 Å². The Balaban J connectivity index is 1.38. The molecule has 0 spiro atoms. The van der Waals surface area contributed by atoms with Gasteiger partial charge in [-0.1, -0.05) is 38.1 Å². The number of nitrogens with zero attached hydrogens (tertiary/aromatic N) is 1. The molecule has 3 heteroatoms. The van der Waals surface area contributed by atoms with Crippen molar-refractivity contribution in [1.29, 1.82) is 0 Å². The average molecular weight is 314 g/mol. The summed E-state index contributed by atoms with van der Waals surface area (Å²) in [4.78, 5) is 14.6. The third-order valence-electron chi connectivity index (χ3n) is 4.98. The summed E-state index contributed by atoms with van der Waals surface area (Å²) < 4.78 is 0. The van der Waals surface area contributed by atoms with E-state index in [1.807, 2.05) is 0 Å². The topological polar surface area (TPSA) is 32.3 Å². The third-order valence-corrected chi connectivity index (χ3v) is 4.98. The molecule has 0 bridgehead atoms. The minimum Gasteiger partial charge on any atom is -0.355 e. The highest BCUT2D eigenvalue weighted by molar-refractivity contribution is 5.78. The zero-order valence-electron chi connectivity index (χ0n) is 14.6. The van der Waals surface area contributed by atoms with Crippen molar-refractivity contribution in [3.63, 3.8) is 0 Å². The van der Waals surface area contributed by atoms with Gasteiger partial charge in [0.05, 0.1) is 6.54 Å². The number of amides is 1. The molecule has 2 fully saturated rings. The minimum atomic E-state index is 0.191. The Hall–Kier alpha value is -1.35. The highest BCUT2D eigenvalue weighted by Gasteiger charge is 2.34. The van der Waals surface area contributed by atoms with Gasteiger partial charge in [-0.3, -0.25) is 9.69 Å². The molecule has 23 heavy (non-hydrogen) atoms. The van der Waals surface area contributed by atoms with Crippen molar-refractivity contribution in [1.82, 2.24) is 10.2 Å². The number of hydrogen-bond acceptors (Lipinski definition) is 2. The van der Waals surface area contributed by atoms with E-state index >= 15 is 0 Å². The van der Waals surface area contributed by atoms with E-state index in [2.05, 4.69) is 48.3 Å². The fourth-order valence-electron chi connectivity index (χ4n) is 3.07. The molecule has 0 radical (unpaired) electrons. The van der Waals surface area contributed by atoms with E-state index in [0.717, 1.165) is 25.4 Å². The molecule has 1 aromatic rings. The molecule has 0 aromatic heterocycles. The van der Waals surface area contributed by atoms with Gasteiger partial charge >= 0.3 is 0 Å². The maximum Gasteiger partial charge on any atom is 0.234 e. The maximum atomic E-state index is 12.2. The van der Waals surface area contributed by atoms with Gasteiger partial charge in [-0.2, -0.15) is 0 Å². The SMILES string of the molecule is CC(C)c1ccc(CCNC(=O)CN(CC2CC2)C2CC2)cc1. The van der Waals surface area contributed by atoms with Crippen LogP contribution in [-0.2, 0) is 11.2 Å². The van der Waals surface area contributed by atoms with E-state index in [-0.39, 0.29) is 5.91 Å². The van der Waals surface area contributed by atoms with Crippen molar-refractivity contribution in [3.05, 3.63) is 35.4 Å². The zero-order chi connectivity index (χ0) is 16.2. The molecule has 1 amide bonds. The molecule has 0 saturated heterocycles. The minimum absolute atomic E-state index is 0.191. The molecule has 1 aromatic carbocycles. The van der Waals surface area contributed by atoms with Crippen molar-refractivity contribution in [2.75, 3.05) is 19.6 Å². The number of carbonyl (C=O) groups excluding carboxylic acids is 1. The van der Waals surface area contributed by atoms with Crippen LogP contribution >= 0.6 is 0 Å². The predicted molar refractivity (Wildman–Crippen MR) is 94.6 cm³/mol. The van der Waals surface area contributed by atoms with Gasteiger partial charge < -0.3 is 5.32 Å². The first-order chi connectivity index (χ1) is 11.1.